The first-order valence-electron chi connectivity index (χ1n) is 4.08. The third-order valence-electron chi connectivity index (χ3n) is 1.79. The maximum Gasteiger partial charge on any atom is 0.181 e. The van der Waals surface area contributed by atoms with Gasteiger partial charge in [-0.05, 0) is 12.1 Å². The first-order valence-corrected chi connectivity index (χ1v) is 5.53. The van der Waals surface area contributed by atoms with E-state index in [1.54, 1.807) is 18.2 Å². The van der Waals surface area contributed by atoms with Crippen LogP contribution in [0.15, 0.2) is 24.3 Å². The Morgan fingerprint density at radius 3 is 2.79 bits per heavy atom. The molecule has 14 heavy (non-hydrogen) atoms. The van der Waals surface area contributed by atoms with Crippen molar-refractivity contribution in [3.63, 3.8) is 0 Å². The van der Waals surface area contributed by atoms with Crippen LogP contribution in [-0.4, -0.2) is 23.6 Å². The molecule has 0 saturated carbocycles. The summed E-state index contributed by atoms with van der Waals surface area (Å²) in [5.41, 5.74) is 0.553. The largest absolute Gasteiger partial charge is 0.496 e. The zero-order valence-corrected chi connectivity index (χ0v) is 10.0. The summed E-state index contributed by atoms with van der Waals surface area (Å²) in [6.45, 7) is 0. The summed E-state index contributed by atoms with van der Waals surface area (Å²) in [6.07, 6.45) is 0. The Kier molecular flexibility index (Phi) is 4.42. The number of rotatable bonds is 4. The van der Waals surface area contributed by atoms with Gasteiger partial charge in [0.05, 0.1) is 17.5 Å². The van der Waals surface area contributed by atoms with Gasteiger partial charge in [0.15, 0.2) is 5.78 Å². The minimum Gasteiger partial charge on any atom is -0.496 e. The van der Waals surface area contributed by atoms with E-state index in [-0.39, 0.29) is 16.5 Å². The summed E-state index contributed by atoms with van der Waals surface area (Å²) in [4.78, 5) is 11.4. The monoisotopic (exact) mass is 276 g/mol. The zero-order valence-electron chi connectivity index (χ0n) is 7.67. The molecule has 1 unspecified atom stereocenters. The van der Waals surface area contributed by atoms with E-state index in [4.69, 9.17) is 16.3 Å². The molecule has 0 aromatic heterocycles. The molecule has 4 heteroatoms. The summed E-state index contributed by atoms with van der Waals surface area (Å²) in [7, 11) is 1.54. The fourth-order valence-corrected chi connectivity index (χ4v) is 1.47. The summed E-state index contributed by atoms with van der Waals surface area (Å²) in [5.74, 6) is 0.765. The van der Waals surface area contributed by atoms with Gasteiger partial charge in [0.25, 0.3) is 0 Å². The minimum atomic E-state index is -0.361. The van der Waals surface area contributed by atoms with E-state index < -0.39 is 0 Å². The molecule has 1 atom stereocenters. The number of hydrogen-bond acceptors (Lipinski definition) is 2. The Labute approximate surface area is 96.3 Å². The Hall–Kier alpha value is -0.540. The van der Waals surface area contributed by atoms with Crippen LogP contribution >= 0.6 is 27.5 Å². The van der Waals surface area contributed by atoms with E-state index in [2.05, 4.69) is 15.9 Å². The van der Waals surface area contributed by atoms with Crippen molar-refractivity contribution in [3.8, 4) is 5.75 Å². The molecule has 1 aromatic carbocycles. The maximum absolute atomic E-state index is 11.7. The number of carbonyl (C=O) groups is 1. The van der Waals surface area contributed by atoms with Gasteiger partial charge in [-0.25, -0.2) is 0 Å². The van der Waals surface area contributed by atoms with Crippen molar-refractivity contribution in [2.24, 2.45) is 0 Å². The first kappa shape index (κ1) is 11.5. The summed E-state index contributed by atoms with van der Waals surface area (Å²) < 4.78 is 5.08. The predicted octanol–water partition coefficient (Wildman–Crippen LogP) is 2.88. The topological polar surface area (TPSA) is 26.3 Å². The highest BCUT2D eigenvalue weighted by Crippen LogP contribution is 2.21. The molecule has 1 aromatic rings. The summed E-state index contributed by atoms with van der Waals surface area (Å²) >= 11 is 8.79. The van der Waals surface area contributed by atoms with Crippen molar-refractivity contribution in [1.82, 2.24) is 0 Å². The van der Waals surface area contributed by atoms with E-state index in [1.807, 2.05) is 6.07 Å². The fourth-order valence-electron chi connectivity index (χ4n) is 1.09. The van der Waals surface area contributed by atoms with E-state index in [9.17, 15) is 4.79 Å². The van der Waals surface area contributed by atoms with Crippen molar-refractivity contribution in [2.45, 2.75) is 4.83 Å². The highest BCUT2D eigenvalue weighted by atomic mass is 79.9. The molecular formula is C10H10BrClO2. The number of halogens is 2. The van der Waals surface area contributed by atoms with Gasteiger partial charge in [-0.3, -0.25) is 4.79 Å². The molecule has 0 bridgehead atoms. The normalized spacial score (nSPS) is 12.2. The zero-order chi connectivity index (χ0) is 10.6. The molecule has 0 aliphatic heterocycles. The molecule has 0 aliphatic carbocycles. The van der Waals surface area contributed by atoms with Gasteiger partial charge < -0.3 is 4.74 Å². The van der Waals surface area contributed by atoms with Gasteiger partial charge in [0.1, 0.15) is 5.75 Å². The van der Waals surface area contributed by atoms with Gasteiger partial charge in [-0.1, -0.05) is 28.1 Å². The quantitative estimate of drug-likeness (QED) is 0.625. The van der Waals surface area contributed by atoms with Crippen molar-refractivity contribution in [1.29, 1.82) is 0 Å². The standard InChI is InChI=1S/C10H10BrClO2/c1-14-9-5-3-2-4-7(9)10(13)8(11)6-12/h2-5,8H,6H2,1H3. The number of benzene rings is 1. The first-order chi connectivity index (χ1) is 6.70. The molecule has 0 fully saturated rings. The van der Waals surface area contributed by atoms with Crippen LogP contribution in [0.25, 0.3) is 0 Å². The molecule has 2 nitrogen and oxygen atoms in total. The number of Topliss-reactive ketones (excluding diaryl/α,β-unsaturated/α-hetero) is 1. The minimum absolute atomic E-state index is 0.0579. The van der Waals surface area contributed by atoms with Gasteiger partial charge in [-0.2, -0.15) is 0 Å². The van der Waals surface area contributed by atoms with E-state index in [0.29, 0.717) is 11.3 Å². The second kappa shape index (κ2) is 5.37. The molecule has 76 valence electrons. The van der Waals surface area contributed by atoms with Crippen LogP contribution in [0.2, 0.25) is 0 Å². The number of alkyl halides is 2. The molecule has 0 heterocycles. The number of methoxy groups -OCH3 is 1. The van der Waals surface area contributed by atoms with Crippen molar-refractivity contribution < 1.29 is 9.53 Å². The van der Waals surface area contributed by atoms with Crippen molar-refractivity contribution in [2.75, 3.05) is 13.0 Å². The molecule has 0 N–H and O–H groups in total. The molecule has 0 amide bonds. The molecule has 0 aliphatic rings. The van der Waals surface area contributed by atoms with Crippen LogP contribution in [0.1, 0.15) is 10.4 Å². The Morgan fingerprint density at radius 1 is 1.57 bits per heavy atom. The Bertz CT molecular complexity index is 328. The van der Waals surface area contributed by atoms with Gasteiger partial charge in [-0.15, -0.1) is 11.6 Å². The van der Waals surface area contributed by atoms with Gasteiger partial charge in [0, 0.05) is 5.88 Å². The van der Waals surface area contributed by atoms with Crippen molar-refractivity contribution >= 4 is 33.3 Å². The number of ketones is 1. The number of carbonyl (C=O) groups excluding carboxylic acids is 1. The van der Waals surface area contributed by atoms with Crippen LogP contribution in [0, 0.1) is 0 Å². The van der Waals surface area contributed by atoms with Crippen LogP contribution in [0.3, 0.4) is 0 Å². The van der Waals surface area contributed by atoms with Crippen LogP contribution in [-0.2, 0) is 0 Å². The lowest BCUT2D eigenvalue weighted by Crippen LogP contribution is -2.16. The molecule has 1 rings (SSSR count). The Balaban J connectivity index is 3.00. The lowest BCUT2D eigenvalue weighted by atomic mass is 10.1. The Morgan fingerprint density at radius 2 is 2.21 bits per heavy atom. The molecule has 0 spiro atoms. The number of hydrogen-bond donors (Lipinski definition) is 0. The average Bonchev–Trinajstić information content (AvgIpc) is 2.26. The smallest absolute Gasteiger partial charge is 0.181 e. The predicted molar refractivity (Wildman–Crippen MR) is 60.8 cm³/mol. The summed E-state index contributed by atoms with van der Waals surface area (Å²) in [6, 6.07) is 7.09. The summed E-state index contributed by atoms with van der Waals surface area (Å²) in [5, 5.41) is 0. The number of ether oxygens (including phenoxy) is 1. The average molecular weight is 278 g/mol. The number of para-hydroxylation sites is 1. The van der Waals surface area contributed by atoms with E-state index in [1.165, 1.54) is 7.11 Å². The van der Waals surface area contributed by atoms with Crippen LogP contribution < -0.4 is 4.74 Å². The van der Waals surface area contributed by atoms with E-state index in [0.717, 1.165) is 0 Å². The van der Waals surface area contributed by atoms with Crippen LogP contribution in [0.4, 0.5) is 0 Å². The highest BCUT2D eigenvalue weighted by Gasteiger charge is 2.18. The molecular weight excluding hydrogens is 267 g/mol. The fraction of sp³-hybridized carbons (Fsp3) is 0.300. The maximum atomic E-state index is 11.7. The highest BCUT2D eigenvalue weighted by molar-refractivity contribution is 9.10. The second-order valence-corrected chi connectivity index (χ2v) is 4.10. The SMILES string of the molecule is COc1ccccc1C(=O)C(Br)CCl. The third-order valence-corrected chi connectivity index (χ3v) is 3.21. The molecule has 0 radical (unpaired) electrons. The second-order valence-electron chi connectivity index (χ2n) is 2.69. The lowest BCUT2D eigenvalue weighted by molar-refractivity contribution is 0.0994. The van der Waals surface area contributed by atoms with Crippen molar-refractivity contribution in [3.05, 3.63) is 29.8 Å². The van der Waals surface area contributed by atoms with Gasteiger partial charge >= 0.3 is 0 Å². The van der Waals surface area contributed by atoms with Gasteiger partial charge in [0.2, 0.25) is 0 Å². The lowest BCUT2D eigenvalue weighted by Gasteiger charge is -2.09. The van der Waals surface area contributed by atoms with Crippen LogP contribution in [0.5, 0.6) is 5.75 Å². The third kappa shape index (κ3) is 2.49. The molecule has 0 saturated heterocycles. The van der Waals surface area contributed by atoms with E-state index >= 15 is 0 Å².